The largest absolute Gasteiger partial charge is 2.00 e. The Morgan fingerprint density at radius 2 is 1.21 bits per heavy atom. The van der Waals surface area contributed by atoms with Crippen molar-refractivity contribution in [2.45, 2.75) is 66.2 Å². The van der Waals surface area contributed by atoms with Crippen molar-refractivity contribution in [3.63, 3.8) is 0 Å². The molecule has 0 aliphatic carbocycles. The average molecular weight is 693 g/mol. The van der Waals surface area contributed by atoms with Gasteiger partial charge in [0.15, 0.2) is 0 Å². The third-order valence-corrected chi connectivity index (χ3v) is 6.24. The first-order valence-electron chi connectivity index (χ1n) is 12.8. The molecular formula is C33H39Br2FeN3. The summed E-state index contributed by atoms with van der Waals surface area (Å²) in [6.45, 7) is 20.7. The molecule has 0 aliphatic rings. The fourth-order valence-corrected chi connectivity index (χ4v) is 4.23. The summed E-state index contributed by atoms with van der Waals surface area (Å²) in [6.07, 6.45) is 5.60. The molecule has 0 radical (unpaired) electrons. The van der Waals surface area contributed by atoms with Gasteiger partial charge in [0.05, 0.1) is 34.2 Å². The number of benzene rings is 2. The van der Waals surface area contributed by atoms with E-state index in [1.165, 1.54) is 22.3 Å². The van der Waals surface area contributed by atoms with Crippen LogP contribution in [0, 0.1) is 0 Å². The maximum Gasteiger partial charge on any atom is 2.00 e. The Morgan fingerprint density at radius 3 is 1.67 bits per heavy atom. The molecule has 208 valence electrons. The molecule has 3 aromatic rings. The van der Waals surface area contributed by atoms with Crippen molar-refractivity contribution in [3.8, 4) is 0 Å². The van der Waals surface area contributed by atoms with Crippen molar-refractivity contribution >= 4 is 22.8 Å². The molecule has 0 unspecified atom stereocenters. The maximum absolute atomic E-state index is 5.16. The van der Waals surface area contributed by atoms with E-state index in [0.717, 1.165) is 47.0 Å². The fraction of sp³-hybridized carbons (Fsp3) is 0.303. The number of halogens is 2. The monoisotopic (exact) mass is 691 g/mol. The van der Waals surface area contributed by atoms with Crippen molar-refractivity contribution in [2.24, 2.45) is 9.98 Å². The van der Waals surface area contributed by atoms with Crippen LogP contribution in [0.25, 0.3) is 0 Å². The predicted molar refractivity (Wildman–Crippen MR) is 157 cm³/mol. The summed E-state index contributed by atoms with van der Waals surface area (Å²) >= 11 is 0. The first kappa shape index (κ1) is 36.9. The molecule has 1 heterocycles. The number of aliphatic imine (C=N–C) groups is 2. The first-order valence-corrected chi connectivity index (χ1v) is 12.8. The molecule has 0 saturated heterocycles. The zero-order valence-corrected chi connectivity index (χ0v) is 28.1. The van der Waals surface area contributed by atoms with Crippen molar-refractivity contribution in [3.05, 3.63) is 114 Å². The van der Waals surface area contributed by atoms with Crippen LogP contribution in [0.15, 0.2) is 89.9 Å². The summed E-state index contributed by atoms with van der Waals surface area (Å²) < 4.78 is 0. The van der Waals surface area contributed by atoms with Gasteiger partial charge < -0.3 is 34.0 Å². The van der Waals surface area contributed by atoms with Gasteiger partial charge in [-0.3, -0.25) is 9.98 Å². The normalized spacial score (nSPS) is 11.4. The van der Waals surface area contributed by atoms with E-state index in [2.05, 4.69) is 65.1 Å². The van der Waals surface area contributed by atoms with Gasteiger partial charge in [0.2, 0.25) is 0 Å². The van der Waals surface area contributed by atoms with E-state index in [-0.39, 0.29) is 51.0 Å². The minimum atomic E-state index is 0. The van der Waals surface area contributed by atoms with Gasteiger partial charge in [0.25, 0.3) is 0 Å². The maximum atomic E-state index is 5.16. The van der Waals surface area contributed by atoms with Crippen molar-refractivity contribution in [1.29, 1.82) is 0 Å². The Balaban J connectivity index is 0.00000481. The second kappa shape index (κ2) is 17.6. The Kier molecular flexibility index (Phi) is 16.6. The van der Waals surface area contributed by atoms with Crippen LogP contribution >= 0.6 is 0 Å². The third-order valence-electron chi connectivity index (χ3n) is 6.24. The molecule has 0 N–H and O–H groups in total. The van der Waals surface area contributed by atoms with Gasteiger partial charge in [0.1, 0.15) is 0 Å². The van der Waals surface area contributed by atoms with Crippen LogP contribution in [0.5, 0.6) is 0 Å². The molecule has 0 spiro atoms. The van der Waals surface area contributed by atoms with E-state index < -0.39 is 0 Å². The fourth-order valence-electron chi connectivity index (χ4n) is 4.23. The number of allylic oxidation sites excluding steroid dienone is 2. The SMILES string of the molecule is C=CCc1ccc(/N=C(/C)c2cccc(/C(C)=N\c3c(C(C)C)cc(CC=C)cc3C(C)C)n2)cc1.[Br-].[Br-].[Fe+2]. The summed E-state index contributed by atoms with van der Waals surface area (Å²) in [6, 6.07) is 18.9. The third kappa shape index (κ3) is 10.1. The van der Waals surface area contributed by atoms with Crippen LogP contribution in [-0.4, -0.2) is 16.4 Å². The average Bonchev–Trinajstić information content (AvgIpc) is 2.86. The number of nitrogens with zero attached hydrogens (tertiary/aromatic N) is 3. The molecule has 39 heavy (non-hydrogen) atoms. The molecular weight excluding hydrogens is 654 g/mol. The number of rotatable bonds is 10. The topological polar surface area (TPSA) is 37.6 Å². The molecule has 0 bridgehead atoms. The number of pyridine rings is 1. The van der Waals surface area contributed by atoms with Crippen molar-refractivity contribution < 1.29 is 51.0 Å². The summed E-state index contributed by atoms with van der Waals surface area (Å²) in [7, 11) is 0. The second-order valence-corrected chi connectivity index (χ2v) is 9.89. The van der Waals surface area contributed by atoms with Gasteiger partial charge in [-0.2, -0.15) is 0 Å². The molecule has 0 saturated carbocycles. The Labute approximate surface area is 267 Å². The standard InChI is InChI=1S/C33H39N3.2BrH.Fe/c1-9-12-26-16-18-28(19-17-26)34-24(7)31-14-11-15-32(36-31)25(8)35-33-29(22(3)4)20-27(13-10-2)21-30(33)23(5)6;;;/h9-11,14-23H,1-2,12-13H2,3-8H3;2*1H;/q;;;+2/p-2/b34-24-,35-25-;;;. The molecule has 3 nitrogen and oxygen atoms in total. The van der Waals surface area contributed by atoms with Gasteiger partial charge in [-0.1, -0.05) is 70.2 Å². The van der Waals surface area contributed by atoms with Gasteiger partial charge in [-0.15, -0.1) is 13.2 Å². The number of hydrogen-bond acceptors (Lipinski definition) is 3. The van der Waals surface area contributed by atoms with E-state index in [9.17, 15) is 0 Å². The predicted octanol–water partition coefficient (Wildman–Crippen LogP) is 3.07. The molecule has 6 heteroatoms. The van der Waals surface area contributed by atoms with Crippen LogP contribution < -0.4 is 34.0 Å². The smallest absolute Gasteiger partial charge is 1.00 e. The second-order valence-electron chi connectivity index (χ2n) is 9.89. The molecule has 0 amide bonds. The molecule has 3 rings (SSSR count). The zero-order chi connectivity index (χ0) is 26.2. The van der Waals surface area contributed by atoms with E-state index in [1.807, 2.05) is 56.3 Å². The van der Waals surface area contributed by atoms with Crippen molar-refractivity contribution in [1.82, 2.24) is 4.98 Å². The van der Waals surface area contributed by atoms with Crippen LogP contribution in [0.3, 0.4) is 0 Å². The summed E-state index contributed by atoms with van der Waals surface area (Å²) in [5.41, 5.74) is 10.5. The Bertz CT molecular complexity index is 1260. The van der Waals surface area contributed by atoms with Crippen LogP contribution in [-0.2, 0) is 29.9 Å². The van der Waals surface area contributed by atoms with Crippen LogP contribution in [0.1, 0.15) is 87.0 Å². The summed E-state index contributed by atoms with van der Waals surface area (Å²) in [5, 5.41) is 0. The van der Waals surface area contributed by atoms with Crippen LogP contribution in [0.2, 0.25) is 0 Å². The summed E-state index contributed by atoms with van der Waals surface area (Å²) in [5.74, 6) is 0.732. The van der Waals surface area contributed by atoms with E-state index in [4.69, 9.17) is 15.0 Å². The molecule has 0 aliphatic heterocycles. The van der Waals surface area contributed by atoms with Gasteiger partial charge in [0, 0.05) is 0 Å². The minimum Gasteiger partial charge on any atom is -1.00 e. The van der Waals surface area contributed by atoms with Gasteiger partial charge in [-0.25, -0.2) is 4.98 Å². The van der Waals surface area contributed by atoms with Crippen LogP contribution in [0.4, 0.5) is 11.4 Å². The molecule has 0 fully saturated rings. The summed E-state index contributed by atoms with van der Waals surface area (Å²) in [4.78, 5) is 14.9. The Morgan fingerprint density at radius 1 is 0.744 bits per heavy atom. The van der Waals surface area contributed by atoms with E-state index >= 15 is 0 Å². The molecule has 2 aromatic carbocycles. The van der Waals surface area contributed by atoms with Gasteiger partial charge in [-0.05, 0) is 85.0 Å². The molecule has 0 atom stereocenters. The Hall–Kier alpha value is -2.11. The first-order chi connectivity index (χ1) is 17.2. The minimum absolute atomic E-state index is 0. The molecule has 1 aromatic heterocycles. The van der Waals surface area contributed by atoms with E-state index in [1.54, 1.807) is 0 Å². The number of hydrogen-bond donors (Lipinski definition) is 0. The zero-order valence-electron chi connectivity index (χ0n) is 23.8. The van der Waals surface area contributed by atoms with Gasteiger partial charge >= 0.3 is 17.1 Å². The number of aromatic nitrogens is 1. The van der Waals surface area contributed by atoms with E-state index in [0.29, 0.717) is 11.8 Å². The quantitative estimate of drug-likeness (QED) is 0.183. The van der Waals surface area contributed by atoms with Crippen molar-refractivity contribution in [2.75, 3.05) is 0 Å².